The van der Waals surface area contributed by atoms with Crippen LogP contribution in [0.5, 0.6) is 0 Å². The van der Waals surface area contributed by atoms with Gasteiger partial charge in [-0.2, -0.15) is 0 Å². The molecular weight excluding hydrogens is 179 g/mol. The fourth-order valence-electron chi connectivity index (χ4n) is 1.06. The van der Waals surface area contributed by atoms with Crippen LogP contribution in [-0.4, -0.2) is 13.3 Å². The summed E-state index contributed by atoms with van der Waals surface area (Å²) < 4.78 is 25.6. The number of hydrogen-bond acceptors (Lipinski definition) is 1. The van der Waals surface area contributed by atoms with Gasteiger partial charge in [-0.15, -0.1) is 0 Å². The van der Waals surface area contributed by atoms with Gasteiger partial charge in [0.15, 0.2) is 0 Å². The van der Waals surface area contributed by atoms with Gasteiger partial charge in [0.1, 0.15) is 11.6 Å². The molecule has 4 heteroatoms. The number of anilines is 1. The number of benzene rings is 1. The van der Waals surface area contributed by atoms with Crippen LogP contribution >= 0.6 is 7.92 Å². The van der Waals surface area contributed by atoms with E-state index in [1.54, 1.807) is 0 Å². The molecule has 0 unspecified atom stereocenters. The maximum atomic E-state index is 13.1. The van der Waals surface area contributed by atoms with E-state index in [0.717, 1.165) is 12.1 Å². The molecule has 0 bridgehead atoms. The number of nitrogen functional groups attached to an aromatic ring is 1. The van der Waals surface area contributed by atoms with Crippen molar-refractivity contribution in [3.63, 3.8) is 0 Å². The van der Waals surface area contributed by atoms with Crippen LogP contribution in [0.4, 0.5) is 14.5 Å². The van der Waals surface area contributed by atoms with E-state index in [1.165, 1.54) is 0 Å². The molecular formula is C8H10F2NP. The predicted octanol–water partition coefficient (Wildman–Crippen LogP) is 1.91. The molecule has 0 spiro atoms. The minimum Gasteiger partial charge on any atom is -0.398 e. The molecule has 0 heterocycles. The highest BCUT2D eigenvalue weighted by molar-refractivity contribution is 7.64. The average Bonchev–Trinajstić information content (AvgIpc) is 1.82. The molecule has 0 aliphatic rings. The Balaban J connectivity index is 3.28. The van der Waals surface area contributed by atoms with E-state index < -0.39 is 19.6 Å². The molecule has 1 aromatic carbocycles. The van der Waals surface area contributed by atoms with Gasteiger partial charge in [0, 0.05) is 17.1 Å². The summed E-state index contributed by atoms with van der Waals surface area (Å²) in [4.78, 5) is 0. The first kappa shape index (κ1) is 9.40. The fraction of sp³-hybridized carbons (Fsp3) is 0.250. The molecule has 0 aromatic heterocycles. The summed E-state index contributed by atoms with van der Waals surface area (Å²) in [5, 5.41) is 0.450. The highest BCUT2D eigenvalue weighted by Crippen LogP contribution is 2.28. The lowest BCUT2D eigenvalue weighted by Gasteiger charge is -2.10. The molecule has 0 fully saturated rings. The molecule has 0 saturated heterocycles. The Morgan fingerprint density at radius 3 is 2.25 bits per heavy atom. The Bertz CT molecular complexity index is 276. The summed E-state index contributed by atoms with van der Waals surface area (Å²) in [6.45, 7) is 3.75. The van der Waals surface area contributed by atoms with Gasteiger partial charge in [0.2, 0.25) is 0 Å². The largest absolute Gasteiger partial charge is 0.398 e. The molecule has 0 saturated carbocycles. The maximum Gasteiger partial charge on any atom is 0.135 e. The highest BCUT2D eigenvalue weighted by Gasteiger charge is 2.11. The Morgan fingerprint density at radius 1 is 1.25 bits per heavy atom. The monoisotopic (exact) mass is 189 g/mol. The third-order valence-corrected chi connectivity index (χ3v) is 2.87. The lowest BCUT2D eigenvalue weighted by molar-refractivity contribution is 0.589. The Kier molecular flexibility index (Phi) is 2.63. The number of halogens is 2. The Hall–Kier alpha value is -0.690. The third-order valence-electron chi connectivity index (χ3n) is 1.50. The van der Waals surface area contributed by atoms with Gasteiger partial charge in [0.25, 0.3) is 0 Å². The van der Waals surface area contributed by atoms with Crippen LogP contribution in [-0.2, 0) is 0 Å². The number of rotatable bonds is 1. The summed E-state index contributed by atoms with van der Waals surface area (Å²) in [6.07, 6.45) is 0. The predicted molar refractivity (Wildman–Crippen MR) is 49.2 cm³/mol. The van der Waals surface area contributed by atoms with E-state index in [2.05, 4.69) is 0 Å². The minimum atomic E-state index is -0.620. The Labute approximate surface area is 71.3 Å². The molecule has 0 aliphatic heterocycles. The van der Waals surface area contributed by atoms with Gasteiger partial charge >= 0.3 is 0 Å². The zero-order chi connectivity index (χ0) is 9.30. The van der Waals surface area contributed by atoms with Gasteiger partial charge in [-0.05, 0) is 19.4 Å². The second-order valence-electron chi connectivity index (χ2n) is 2.72. The van der Waals surface area contributed by atoms with E-state index in [0.29, 0.717) is 5.30 Å². The first-order chi connectivity index (χ1) is 5.52. The van der Waals surface area contributed by atoms with Crippen molar-refractivity contribution in [2.75, 3.05) is 19.1 Å². The molecule has 66 valence electrons. The molecule has 0 aliphatic carbocycles. The lowest BCUT2D eigenvalue weighted by Crippen LogP contribution is -2.12. The maximum absolute atomic E-state index is 13.1. The summed E-state index contributed by atoms with van der Waals surface area (Å²) in [5.74, 6) is -1.16. The van der Waals surface area contributed by atoms with Crippen molar-refractivity contribution in [2.45, 2.75) is 0 Å². The molecule has 0 amide bonds. The Morgan fingerprint density at radius 2 is 1.83 bits per heavy atom. The van der Waals surface area contributed by atoms with Crippen molar-refractivity contribution >= 4 is 18.9 Å². The van der Waals surface area contributed by atoms with E-state index in [9.17, 15) is 8.78 Å². The summed E-state index contributed by atoms with van der Waals surface area (Å²) in [6, 6.07) is 2.02. The van der Waals surface area contributed by atoms with Crippen molar-refractivity contribution in [3.05, 3.63) is 23.8 Å². The van der Waals surface area contributed by atoms with Crippen molar-refractivity contribution in [1.29, 1.82) is 0 Å². The van der Waals surface area contributed by atoms with Gasteiger partial charge in [-0.3, -0.25) is 0 Å². The first-order valence-corrected chi connectivity index (χ1v) is 5.68. The van der Waals surface area contributed by atoms with E-state index in [4.69, 9.17) is 5.73 Å². The van der Waals surface area contributed by atoms with Crippen molar-refractivity contribution in [1.82, 2.24) is 0 Å². The van der Waals surface area contributed by atoms with Crippen LogP contribution in [0.1, 0.15) is 0 Å². The molecule has 1 aromatic rings. The van der Waals surface area contributed by atoms with Crippen molar-refractivity contribution in [3.8, 4) is 0 Å². The van der Waals surface area contributed by atoms with Gasteiger partial charge in [-0.1, -0.05) is 7.92 Å². The SMILES string of the molecule is CP(C)c1c(N)cc(F)cc1F. The van der Waals surface area contributed by atoms with Crippen LogP contribution in [0, 0.1) is 11.6 Å². The fourth-order valence-corrected chi connectivity index (χ4v) is 2.13. The van der Waals surface area contributed by atoms with Gasteiger partial charge in [-0.25, -0.2) is 8.78 Å². The summed E-state index contributed by atoms with van der Waals surface area (Å²) in [5.41, 5.74) is 5.67. The van der Waals surface area contributed by atoms with E-state index in [-0.39, 0.29) is 5.69 Å². The normalized spacial score (nSPS) is 10.8. The van der Waals surface area contributed by atoms with Crippen LogP contribution in [0.3, 0.4) is 0 Å². The van der Waals surface area contributed by atoms with Gasteiger partial charge < -0.3 is 5.73 Å². The van der Waals surface area contributed by atoms with Crippen LogP contribution in [0.25, 0.3) is 0 Å². The topological polar surface area (TPSA) is 26.0 Å². The van der Waals surface area contributed by atoms with Crippen LogP contribution in [0.2, 0.25) is 0 Å². The standard InChI is InChI=1S/C8H10F2NP/c1-12(2)8-6(10)3-5(9)4-7(8)11/h3-4H,11H2,1-2H3. The molecule has 2 N–H and O–H groups in total. The van der Waals surface area contributed by atoms with Crippen molar-refractivity contribution in [2.24, 2.45) is 0 Å². The number of hydrogen-bond donors (Lipinski definition) is 1. The summed E-state index contributed by atoms with van der Waals surface area (Å²) >= 11 is 0. The quantitative estimate of drug-likeness (QED) is 0.530. The molecule has 1 rings (SSSR count). The zero-order valence-electron chi connectivity index (χ0n) is 6.94. The second-order valence-corrected chi connectivity index (χ2v) is 4.96. The molecule has 0 radical (unpaired) electrons. The van der Waals surface area contributed by atoms with Crippen molar-refractivity contribution < 1.29 is 8.78 Å². The first-order valence-electron chi connectivity index (χ1n) is 3.44. The third kappa shape index (κ3) is 1.72. The van der Waals surface area contributed by atoms with Gasteiger partial charge in [0.05, 0.1) is 0 Å². The second kappa shape index (κ2) is 3.36. The average molecular weight is 189 g/mol. The molecule has 12 heavy (non-hydrogen) atoms. The van der Waals surface area contributed by atoms with Crippen LogP contribution in [0.15, 0.2) is 12.1 Å². The zero-order valence-corrected chi connectivity index (χ0v) is 7.83. The highest BCUT2D eigenvalue weighted by atomic mass is 31.1. The van der Waals surface area contributed by atoms with E-state index in [1.807, 2.05) is 13.3 Å². The minimum absolute atomic E-state index is 0.212. The number of nitrogens with two attached hydrogens (primary N) is 1. The summed E-state index contributed by atoms with van der Waals surface area (Å²) in [7, 11) is -0.616. The smallest absolute Gasteiger partial charge is 0.135 e. The lowest BCUT2D eigenvalue weighted by atomic mass is 10.3. The molecule has 0 atom stereocenters. The van der Waals surface area contributed by atoms with Crippen LogP contribution < -0.4 is 11.0 Å². The molecule has 1 nitrogen and oxygen atoms in total. The van der Waals surface area contributed by atoms with E-state index >= 15 is 0 Å².